The van der Waals surface area contributed by atoms with E-state index in [0.717, 1.165) is 74.0 Å². The van der Waals surface area contributed by atoms with Crippen molar-refractivity contribution in [2.75, 3.05) is 99.6 Å². The van der Waals surface area contributed by atoms with Gasteiger partial charge in [-0.3, -0.25) is 5.43 Å². The molecule has 0 atom stereocenters. The number of hydrogen-bond donors (Lipinski definition) is 2. The van der Waals surface area contributed by atoms with E-state index < -0.39 is 0 Å². The van der Waals surface area contributed by atoms with Crippen molar-refractivity contribution in [2.45, 2.75) is 0 Å². The minimum atomic E-state index is 0.807. The maximum atomic E-state index is 4.40. The highest BCUT2D eigenvalue weighted by atomic mass is 33.1. The third-order valence-corrected chi connectivity index (χ3v) is 10.7. The molecule has 0 aliphatic carbocycles. The molecule has 4 aromatic rings. The van der Waals surface area contributed by atoms with Crippen LogP contribution in [0.4, 0.5) is 34.6 Å². The third kappa shape index (κ3) is 11.5. The molecule has 0 aliphatic rings. The fourth-order valence-corrected chi connectivity index (χ4v) is 7.08. The summed E-state index contributed by atoms with van der Waals surface area (Å²) in [6.07, 6.45) is 7.97. The molecule has 2 heterocycles. The van der Waals surface area contributed by atoms with E-state index in [1.165, 1.54) is 11.4 Å². The molecule has 0 fully saturated rings. The number of nitrogens with zero attached hydrogens (tertiary/aromatic N) is 10. The number of hydrogen-bond acceptors (Lipinski definition) is 10. The molecule has 48 heavy (non-hydrogen) atoms. The number of azo groups is 1. The standard InChI is InChI=1S/C34H53N12S2/c1-39(17-19-41(3)31-13-9-29(10-14-31)35-37-33-43(5)21-22-44(33)6)25-27-47-48-28-26-40(2)18-20-42(4)32-15-11-30(12-16-32)36-38-34-45(7)23-24-46(34)8/h9-16,21-24,35H,17-20,25-28H2,1-8H3/q+1/p+1. The van der Waals surface area contributed by atoms with Gasteiger partial charge in [0.1, 0.15) is 5.69 Å². The van der Waals surface area contributed by atoms with Gasteiger partial charge in [-0.15, -0.1) is 0 Å². The smallest absolute Gasteiger partial charge is 0.373 e. The molecule has 4 rings (SSSR count). The molecule has 14 heteroatoms. The zero-order chi connectivity index (χ0) is 34.5. The highest BCUT2D eigenvalue weighted by Gasteiger charge is 2.12. The molecule has 0 saturated carbocycles. The summed E-state index contributed by atoms with van der Waals surface area (Å²) in [6.45, 7) is 6.17. The van der Waals surface area contributed by atoms with Crippen LogP contribution in [0.1, 0.15) is 0 Å². The van der Waals surface area contributed by atoms with Crippen molar-refractivity contribution < 1.29 is 9.13 Å². The van der Waals surface area contributed by atoms with Gasteiger partial charge in [0, 0.05) is 81.4 Å². The Morgan fingerprint density at radius 2 is 1.15 bits per heavy atom. The van der Waals surface area contributed by atoms with Crippen LogP contribution in [0.2, 0.25) is 0 Å². The number of imidazole rings is 2. The van der Waals surface area contributed by atoms with Gasteiger partial charge in [0.25, 0.3) is 0 Å². The number of aromatic nitrogens is 4. The second-order valence-electron chi connectivity index (χ2n) is 12.3. The molecule has 2 aromatic carbocycles. The predicted molar refractivity (Wildman–Crippen MR) is 204 cm³/mol. The summed E-state index contributed by atoms with van der Waals surface area (Å²) in [5.74, 6) is 4.05. The van der Waals surface area contributed by atoms with Crippen molar-refractivity contribution >= 4 is 56.2 Å². The van der Waals surface area contributed by atoms with Crippen molar-refractivity contribution in [3.8, 4) is 0 Å². The molecule has 0 saturated heterocycles. The minimum Gasteiger partial charge on any atom is -0.373 e. The normalized spacial score (nSPS) is 11.6. The SMILES string of the molecule is CN(CCSSCCN(C)CCN(C)c1ccc(NNc2n(C)cc[n+]2C)cc1)CCN(C)c1ccc(/N=N/c2n(C)cc[n+]2C)cc1. The lowest BCUT2D eigenvalue weighted by molar-refractivity contribution is -0.657. The lowest BCUT2D eigenvalue weighted by Crippen LogP contribution is -2.32. The Morgan fingerprint density at radius 3 is 1.65 bits per heavy atom. The largest absolute Gasteiger partial charge is 0.421 e. The Morgan fingerprint density at radius 1 is 0.625 bits per heavy atom. The second kappa shape index (κ2) is 18.7. The molecular weight excluding hydrogens is 641 g/mol. The van der Waals surface area contributed by atoms with E-state index in [1.807, 2.05) is 105 Å². The highest BCUT2D eigenvalue weighted by molar-refractivity contribution is 8.76. The predicted octanol–water partition coefficient (Wildman–Crippen LogP) is 4.68. The first-order valence-electron chi connectivity index (χ1n) is 16.3. The second-order valence-corrected chi connectivity index (χ2v) is 15.0. The van der Waals surface area contributed by atoms with Gasteiger partial charge >= 0.3 is 11.9 Å². The summed E-state index contributed by atoms with van der Waals surface area (Å²) in [5, 5.41) is 8.78. The summed E-state index contributed by atoms with van der Waals surface area (Å²) in [6, 6.07) is 16.8. The Bertz CT molecular complexity index is 1510. The fraction of sp³-hybridized carbons (Fsp3) is 0.471. The maximum absolute atomic E-state index is 4.40. The van der Waals surface area contributed by atoms with Crippen LogP contribution in [0.15, 0.2) is 83.5 Å². The molecule has 12 nitrogen and oxygen atoms in total. The van der Waals surface area contributed by atoms with Gasteiger partial charge in [0.15, 0.2) is 0 Å². The summed E-state index contributed by atoms with van der Waals surface area (Å²) in [7, 11) is 20.7. The van der Waals surface area contributed by atoms with Gasteiger partial charge in [-0.2, -0.15) is 5.43 Å². The van der Waals surface area contributed by atoms with E-state index in [9.17, 15) is 0 Å². The number of likely N-dealkylation sites (N-methyl/N-ethyl adjacent to an activating group) is 4. The summed E-state index contributed by atoms with van der Waals surface area (Å²) >= 11 is 0. The van der Waals surface area contributed by atoms with E-state index in [4.69, 9.17) is 0 Å². The van der Waals surface area contributed by atoms with Crippen molar-refractivity contribution in [3.05, 3.63) is 73.3 Å². The van der Waals surface area contributed by atoms with E-state index in [2.05, 4.69) is 105 Å². The molecule has 2 aromatic heterocycles. The van der Waals surface area contributed by atoms with Gasteiger partial charge in [-0.05, 0) is 62.6 Å². The van der Waals surface area contributed by atoms with Gasteiger partial charge in [-0.1, -0.05) is 26.7 Å². The quantitative estimate of drug-likeness (QED) is 0.0454. The molecule has 260 valence electrons. The van der Waals surface area contributed by atoms with Crippen LogP contribution in [-0.2, 0) is 28.2 Å². The Kier molecular flexibility index (Phi) is 14.5. The first kappa shape index (κ1) is 37.1. The zero-order valence-electron chi connectivity index (χ0n) is 29.9. The van der Waals surface area contributed by atoms with Crippen molar-refractivity contribution in [3.63, 3.8) is 0 Å². The molecule has 0 spiro atoms. The summed E-state index contributed by atoms with van der Waals surface area (Å²) in [4.78, 5) is 9.44. The molecule has 0 bridgehead atoms. The lowest BCUT2D eigenvalue weighted by atomic mass is 10.2. The zero-order valence-corrected chi connectivity index (χ0v) is 31.5. The molecular formula is C34H54N12S2+2. The fourth-order valence-electron chi connectivity index (χ4n) is 4.92. The Hall–Kier alpha value is -3.72. The van der Waals surface area contributed by atoms with Crippen LogP contribution in [-0.4, -0.2) is 97.9 Å². The Labute approximate surface area is 294 Å². The lowest BCUT2D eigenvalue weighted by Gasteiger charge is -2.24. The number of rotatable bonds is 20. The summed E-state index contributed by atoms with van der Waals surface area (Å²) in [5.41, 5.74) is 10.8. The molecule has 2 N–H and O–H groups in total. The van der Waals surface area contributed by atoms with E-state index in [1.54, 1.807) is 0 Å². The first-order valence-corrected chi connectivity index (χ1v) is 18.8. The van der Waals surface area contributed by atoms with Crippen molar-refractivity contribution in [1.82, 2.24) is 18.9 Å². The number of aryl methyl sites for hydroxylation is 4. The average molecular weight is 695 g/mol. The molecule has 0 radical (unpaired) electrons. The molecule has 0 unspecified atom stereocenters. The van der Waals surface area contributed by atoms with E-state index in [0.29, 0.717) is 0 Å². The third-order valence-electron chi connectivity index (χ3n) is 8.33. The average Bonchev–Trinajstić information content (AvgIpc) is 3.59. The van der Waals surface area contributed by atoms with Gasteiger partial charge < -0.3 is 19.6 Å². The van der Waals surface area contributed by atoms with E-state index in [-0.39, 0.29) is 0 Å². The molecule has 0 amide bonds. The van der Waals surface area contributed by atoms with Gasteiger partial charge in [0.05, 0.1) is 58.7 Å². The van der Waals surface area contributed by atoms with Gasteiger partial charge in [-0.25, -0.2) is 18.3 Å². The van der Waals surface area contributed by atoms with Crippen LogP contribution in [0.25, 0.3) is 0 Å². The molecule has 0 aliphatic heterocycles. The monoisotopic (exact) mass is 694 g/mol. The van der Waals surface area contributed by atoms with Crippen LogP contribution in [0.5, 0.6) is 0 Å². The van der Waals surface area contributed by atoms with Crippen LogP contribution < -0.4 is 29.8 Å². The van der Waals surface area contributed by atoms with E-state index >= 15 is 0 Å². The van der Waals surface area contributed by atoms with Crippen molar-refractivity contribution in [1.29, 1.82) is 0 Å². The topological polar surface area (TPSA) is 79.4 Å². The number of benzene rings is 2. The number of anilines is 4. The summed E-state index contributed by atoms with van der Waals surface area (Å²) < 4.78 is 7.97. The van der Waals surface area contributed by atoms with Gasteiger partial charge in [0.2, 0.25) is 0 Å². The number of nitrogens with one attached hydrogen (secondary N) is 2. The Balaban J connectivity index is 1.03. The maximum Gasteiger partial charge on any atom is 0.421 e. The van der Waals surface area contributed by atoms with Crippen molar-refractivity contribution in [2.24, 2.45) is 38.4 Å². The number of hydrazine groups is 1. The first-order chi connectivity index (χ1) is 23.1. The highest BCUT2D eigenvalue weighted by Crippen LogP contribution is 2.22. The minimum absolute atomic E-state index is 0.807. The van der Waals surface area contributed by atoms with Crippen LogP contribution in [0.3, 0.4) is 0 Å². The van der Waals surface area contributed by atoms with Crippen LogP contribution in [0, 0.1) is 0 Å². The van der Waals surface area contributed by atoms with Crippen LogP contribution >= 0.6 is 21.6 Å².